The van der Waals surface area contributed by atoms with Gasteiger partial charge in [-0.2, -0.15) is 0 Å². The first-order chi connectivity index (χ1) is 9.47. The van der Waals surface area contributed by atoms with Crippen molar-refractivity contribution in [3.63, 3.8) is 0 Å². The van der Waals surface area contributed by atoms with Crippen molar-refractivity contribution in [2.45, 2.75) is 6.92 Å². The number of pyridine rings is 2. The van der Waals surface area contributed by atoms with E-state index in [4.69, 9.17) is 11.6 Å². The average molecular weight is 291 g/mol. The molecule has 1 N–H and O–H groups in total. The van der Waals surface area contributed by atoms with Gasteiger partial charge in [-0.1, -0.05) is 11.6 Å². The van der Waals surface area contributed by atoms with Crippen molar-refractivity contribution in [3.05, 3.63) is 47.0 Å². The summed E-state index contributed by atoms with van der Waals surface area (Å²) in [5.74, 6) is -0.242. The summed E-state index contributed by atoms with van der Waals surface area (Å²) in [6.45, 7) is 1.79. The number of carbonyl (C=O) groups is 1. The molecule has 0 spiro atoms. The summed E-state index contributed by atoms with van der Waals surface area (Å²) in [6, 6.07) is 5.06. The molecule has 104 valence electrons. The molecule has 20 heavy (non-hydrogen) atoms. The molecule has 0 atom stereocenters. The van der Waals surface area contributed by atoms with E-state index in [-0.39, 0.29) is 5.91 Å². The first kappa shape index (κ1) is 14.3. The summed E-state index contributed by atoms with van der Waals surface area (Å²) >= 11 is 5.87. The van der Waals surface area contributed by atoms with E-state index >= 15 is 0 Å². The van der Waals surface area contributed by atoms with Gasteiger partial charge in [-0.05, 0) is 25.1 Å². The summed E-state index contributed by atoms with van der Waals surface area (Å²) in [5, 5.41) is 3.13. The average Bonchev–Trinajstić information content (AvgIpc) is 2.37. The Hall–Kier alpha value is -2.14. The van der Waals surface area contributed by atoms with Crippen LogP contribution in [0.5, 0.6) is 0 Å². The highest BCUT2D eigenvalue weighted by atomic mass is 35.5. The zero-order chi connectivity index (χ0) is 14.7. The van der Waals surface area contributed by atoms with Crippen LogP contribution in [0.25, 0.3) is 0 Å². The van der Waals surface area contributed by atoms with Crippen molar-refractivity contribution in [2.75, 3.05) is 24.3 Å². The molecule has 0 saturated carbocycles. The number of anilines is 2. The second-order valence-corrected chi connectivity index (χ2v) is 4.95. The lowest BCUT2D eigenvalue weighted by Crippen LogP contribution is -2.17. The molecule has 0 aliphatic heterocycles. The maximum Gasteiger partial charge on any atom is 0.255 e. The van der Waals surface area contributed by atoms with Crippen LogP contribution in [0.2, 0.25) is 5.15 Å². The minimum atomic E-state index is -0.242. The fourth-order valence-electron chi connectivity index (χ4n) is 1.83. The summed E-state index contributed by atoms with van der Waals surface area (Å²) < 4.78 is 0. The number of aromatic nitrogens is 2. The van der Waals surface area contributed by atoms with Crippen LogP contribution in [-0.4, -0.2) is 30.0 Å². The Labute approximate surface area is 122 Å². The molecular weight excluding hydrogens is 276 g/mol. The number of rotatable bonds is 3. The Morgan fingerprint density at radius 1 is 1.35 bits per heavy atom. The van der Waals surface area contributed by atoms with Gasteiger partial charge in [0.05, 0.1) is 17.6 Å². The van der Waals surface area contributed by atoms with Crippen LogP contribution in [0.4, 0.5) is 11.4 Å². The van der Waals surface area contributed by atoms with Gasteiger partial charge in [-0.15, -0.1) is 0 Å². The van der Waals surface area contributed by atoms with Crippen LogP contribution < -0.4 is 10.2 Å². The summed E-state index contributed by atoms with van der Waals surface area (Å²) in [7, 11) is 3.80. The minimum Gasteiger partial charge on any atom is -0.376 e. The molecule has 0 aliphatic carbocycles. The Morgan fingerprint density at radius 2 is 2.10 bits per heavy atom. The second kappa shape index (κ2) is 5.88. The predicted molar refractivity (Wildman–Crippen MR) is 80.5 cm³/mol. The maximum atomic E-state index is 12.2. The van der Waals surface area contributed by atoms with E-state index in [1.807, 2.05) is 25.1 Å². The van der Waals surface area contributed by atoms with Crippen molar-refractivity contribution in [1.29, 1.82) is 0 Å². The monoisotopic (exact) mass is 290 g/mol. The van der Waals surface area contributed by atoms with E-state index in [0.29, 0.717) is 22.1 Å². The molecule has 5 nitrogen and oxygen atoms in total. The van der Waals surface area contributed by atoms with E-state index in [9.17, 15) is 4.79 Å². The fourth-order valence-corrected chi connectivity index (χ4v) is 2.08. The largest absolute Gasteiger partial charge is 0.376 e. The quantitative estimate of drug-likeness (QED) is 0.883. The van der Waals surface area contributed by atoms with Gasteiger partial charge in [0.15, 0.2) is 0 Å². The third-order valence-electron chi connectivity index (χ3n) is 2.71. The van der Waals surface area contributed by atoms with Crippen LogP contribution in [0.1, 0.15) is 16.1 Å². The van der Waals surface area contributed by atoms with Gasteiger partial charge >= 0.3 is 0 Å². The molecule has 1 amide bonds. The van der Waals surface area contributed by atoms with Crippen LogP contribution in [0, 0.1) is 6.92 Å². The molecule has 0 saturated heterocycles. The number of aryl methyl sites for hydroxylation is 1. The van der Waals surface area contributed by atoms with Crippen molar-refractivity contribution in [2.24, 2.45) is 0 Å². The number of halogens is 1. The first-order valence-electron chi connectivity index (χ1n) is 6.04. The molecule has 2 heterocycles. The highest BCUT2D eigenvalue weighted by molar-refractivity contribution is 6.29. The van der Waals surface area contributed by atoms with E-state index in [1.165, 1.54) is 6.07 Å². The zero-order valence-electron chi connectivity index (χ0n) is 11.5. The number of carbonyl (C=O) groups excluding carboxylic acids is 1. The van der Waals surface area contributed by atoms with Gasteiger partial charge in [0.1, 0.15) is 5.15 Å². The molecule has 0 aromatic carbocycles. The number of hydrogen-bond donors (Lipinski definition) is 1. The smallest absolute Gasteiger partial charge is 0.255 e. The lowest BCUT2D eigenvalue weighted by molar-refractivity contribution is 0.102. The van der Waals surface area contributed by atoms with Gasteiger partial charge in [0.2, 0.25) is 0 Å². The number of nitrogens with one attached hydrogen (secondary N) is 1. The molecule has 2 aromatic rings. The summed E-state index contributed by atoms with van der Waals surface area (Å²) in [4.78, 5) is 22.2. The molecule has 0 fully saturated rings. The number of hydrogen-bond acceptors (Lipinski definition) is 4. The second-order valence-electron chi connectivity index (χ2n) is 4.56. The van der Waals surface area contributed by atoms with Gasteiger partial charge in [-0.25, -0.2) is 4.98 Å². The molecule has 0 radical (unpaired) electrons. The van der Waals surface area contributed by atoms with E-state index in [0.717, 1.165) is 5.69 Å². The van der Waals surface area contributed by atoms with Gasteiger partial charge in [0.25, 0.3) is 5.91 Å². The van der Waals surface area contributed by atoms with Crippen molar-refractivity contribution in [1.82, 2.24) is 9.97 Å². The van der Waals surface area contributed by atoms with Crippen LogP contribution in [0.3, 0.4) is 0 Å². The Balaban J connectivity index is 2.28. The molecule has 2 aromatic heterocycles. The maximum absolute atomic E-state index is 12.2. The lowest BCUT2D eigenvalue weighted by atomic mass is 10.2. The SMILES string of the molecule is Cc1cc(C(=O)Nc2cnccc2N(C)C)cc(Cl)n1. The topological polar surface area (TPSA) is 58.1 Å². The summed E-state index contributed by atoms with van der Waals surface area (Å²) in [6.07, 6.45) is 3.29. The molecular formula is C14H15ClN4O. The number of nitrogens with zero attached hydrogens (tertiary/aromatic N) is 3. The van der Waals surface area contributed by atoms with Crippen molar-refractivity contribution in [3.8, 4) is 0 Å². The molecule has 0 unspecified atom stereocenters. The third-order valence-corrected chi connectivity index (χ3v) is 2.91. The van der Waals surface area contributed by atoms with Gasteiger partial charge < -0.3 is 10.2 Å². The van der Waals surface area contributed by atoms with Crippen molar-refractivity contribution >= 4 is 28.9 Å². The predicted octanol–water partition coefficient (Wildman–Crippen LogP) is 2.76. The van der Waals surface area contributed by atoms with Crippen LogP contribution in [0.15, 0.2) is 30.6 Å². The minimum absolute atomic E-state index is 0.242. The molecule has 2 rings (SSSR count). The van der Waals surface area contributed by atoms with Crippen molar-refractivity contribution < 1.29 is 4.79 Å². The first-order valence-corrected chi connectivity index (χ1v) is 6.42. The highest BCUT2D eigenvalue weighted by Gasteiger charge is 2.11. The zero-order valence-corrected chi connectivity index (χ0v) is 12.3. The fraction of sp³-hybridized carbons (Fsp3) is 0.214. The Bertz CT molecular complexity index is 623. The standard InChI is InChI=1S/C14H15ClN4O/c1-9-6-10(7-13(15)17-9)14(20)18-11-8-16-5-4-12(11)19(2)3/h4-8H,1-3H3,(H,18,20). The van der Waals surface area contributed by atoms with Crippen LogP contribution >= 0.6 is 11.6 Å². The molecule has 6 heteroatoms. The Kier molecular flexibility index (Phi) is 4.20. The summed E-state index contributed by atoms with van der Waals surface area (Å²) in [5.41, 5.74) is 2.69. The molecule has 0 aliphatic rings. The third kappa shape index (κ3) is 3.24. The van der Waals surface area contributed by atoms with E-state index in [1.54, 1.807) is 25.4 Å². The lowest BCUT2D eigenvalue weighted by Gasteiger charge is -2.17. The highest BCUT2D eigenvalue weighted by Crippen LogP contribution is 2.23. The Morgan fingerprint density at radius 3 is 2.75 bits per heavy atom. The number of amides is 1. The van der Waals surface area contributed by atoms with Crippen LogP contribution in [-0.2, 0) is 0 Å². The van der Waals surface area contributed by atoms with E-state index in [2.05, 4.69) is 15.3 Å². The van der Waals surface area contributed by atoms with E-state index < -0.39 is 0 Å². The van der Waals surface area contributed by atoms with Gasteiger partial charge in [-0.3, -0.25) is 9.78 Å². The normalized spacial score (nSPS) is 10.2. The molecule has 0 bridgehead atoms. The van der Waals surface area contributed by atoms with Gasteiger partial charge in [0, 0.05) is 31.5 Å².